The molecule has 2 aromatic heterocycles. The van der Waals surface area contributed by atoms with Crippen molar-refractivity contribution in [3.05, 3.63) is 66.4 Å². The summed E-state index contributed by atoms with van der Waals surface area (Å²) >= 11 is 0. The third kappa shape index (κ3) is 3.81. The van der Waals surface area contributed by atoms with Crippen molar-refractivity contribution >= 4 is 23.3 Å². The summed E-state index contributed by atoms with van der Waals surface area (Å²) in [5.74, 6) is 0.0512. The molecule has 0 fully saturated rings. The minimum Gasteiger partial charge on any atom is -0.465 e. The van der Waals surface area contributed by atoms with Crippen LogP contribution in [0.1, 0.15) is 30.6 Å². The molecule has 0 spiro atoms. The molecule has 0 aliphatic heterocycles. The number of anilines is 1. The highest BCUT2D eigenvalue weighted by atomic mass is 16.5. The monoisotopic (exact) mass is 377 g/mol. The summed E-state index contributed by atoms with van der Waals surface area (Å²) < 4.78 is 6.56. The lowest BCUT2D eigenvalue weighted by atomic mass is 10.0. The number of carbonyl (C=O) groups is 2. The van der Waals surface area contributed by atoms with Gasteiger partial charge in [-0.2, -0.15) is 0 Å². The second kappa shape index (κ2) is 8.08. The van der Waals surface area contributed by atoms with E-state index in [-0.39, 0.29) is 5.91 Å². The van der Waals surface area contributed by atoms with Gasteiger partial charge in [0, 0.05) is 17.3 Å². The van der Waals surface area contributed by atoms with Crippen LogP contribution in [0.2, 0.25) is 0 Å². The number of methoxy groups -OCH3 is 1. The fourth-order valence-corrected chi connectivity index (χ4v) is 3.04. The number of hydrogen-bond acceptors (Lipinski definition) is 4. The predicted octanol–water partition coefficient (Wildman–Crippen LogP) is 4.33. The molecule has 144 valence electrons. The maximum absolute atomic E-state index is 12.7. The van der Waals surface area contributed by atoms with Gasteiger partial charge in [-0.05, 0) is 24.5 Å². The first-order chi connectivity index (χ1) is 13.4. The van der Waals surface area contributed by atoms with E-state index in [0.29, 0.717) is 40.6 Å². The Hall–Kier alpha value is -3.41. The largest absolute Gasteiger partial charge is 0.465 e. The van der Waals surface area contributed by atoms with Gasteiger partial charge in [0.05, 0.1) is 7.11 Å². The molecule has 0 atom stereocenters. The minimum atomic E-state index is -0.489. The Labute approximate surface area is 163 Å². The van der Waals surface area contributed by atoms with E-state index in [9.17, 15) is 9.59 Å². The van der Waals surface area contributed by atoms with Gasteiger partial charge >= 0.3 is 5.97 Å². The molecule has 1 aromatic carbocycles. The Bertz CT molecular complexity index is 1040. The van der Waals surface area contributed by atoms with Gasteiger partial charge in [0.2, 0.25) is 0 Å². The molecule has 6 nitrogen and oxygen atoms in total. The zero-order chi connectivity index (χ0) is 20.3. The smallest absolute Gasteiger partial charge is 0.341 e. The molecule has 3 rings (SSSR count). The van der Waals surface area contributed by atoms with Crippen LogP contribution >= 0.6 is 0 Å². The van der Waals surface area contributed by atoms with Crippen LogP contribution < -0.4 is 5.32 Å². The quantitative estimate of drug-likeness (QED) is 0.513. The summed E-state index contributed by atoms with van der Waals surface area (Å²) in [5.41, 5.74) is 2.63. The number of fused-ring (bicyclic) bond motifs is 1. The highest BCUT2D eigenvalue weighted by Gasteiger charge is 2.21. The Balaban J connectivity index is 2.14. The number of rotatable bonds is 6. The van der Waals surface area contributed by atoms with Gasteiger partial charge in [-0.3, -0.25) is 9.20 Å². The lowest BCUT2D eigenvalue weighted by molar-refractivity contribution is -0.113. The number of hydrogen-bond donors (Lipinski definition) is 1. The van der Waals surface area contributed by atoms with E-state index >= 15 is 0 Å². The summed E-state index contributed by atoms with van der Waals surface area (Å²) in [6, 6.07) is 12.9. The van der Waals surface area contributed by atoms with E-state index < -0.39 is 5.97 Å². The molecular formula is C22H23N3O3. The van der Waals surface area contributed by atoms with Crippen molar-refractivity contribution in [1.29, 1.82) is 0 Å². The second-order valence-electron chi connectivity index (χ2n) is 6.94. The highest BCUT2D eigenvalue weighted by molar-refractivity contribution is 6.05. The number of ether oxygens (including phenoxy) is 1. The second-order valence-corrected chi connectivity index (χ2v) is 6.94. The average Bonchev–Trinajstić information content (AvgIpc) is 3.06. The van der Waals surface area contributed by atoms with Crippen molar-refractivity contribution in [2.24, 2.45) is 5.92 Å². The molecule has 0 saturated heterocycles. The Morgan fingerprint density at radius 2 is 1.89 bits per heavy atom. The predicted molar refractivity (Wildman–Crippen MR) is 109 cm³/mol. The Morgan fingerprint density at radius 3 is 2.54 bits per heavy atom. The van der Waals surface area contributed by atoms with Gasteiger partial charge in [0.1, 0.15) is 17.1 Å². The van der Waals surface area contributed by atoms with Gasteiger partial charge in [-0.15, -0.1) is 0 Å². The van der Waals surface area contributed by atoms with E-state index in [4.69, 9.17) is 4.74 Å². The molecular weight excluding hydrogens is 354 g/mol. The third-order valence-corrected chi connectivity index (χ3v) is 4.31. The first kappa shape index (κ1) is 19.4. The molecule has 0 saturated carbocycles. The van der Waals surface area contributed by atoms with Crippen LogP contribution in [-0.4, -0.2) is 28.4 Å². The van der Waals surface area contributed by atoms with Gasteiger partial charge in [0.15, 0.2) is 5.65 Å². The van der Waals surface area contributed by atoms with Crippen LogP contribution in [0.3, 0.4) is 0 Å². The average molecular weight is 377 g/mol. The number of nitrogens with one attached hydrogen (secondary N) is 1. The van der Waals surface area contributed by atoms with Gasteiger partial charge in [-0.25, -0.2) is 9.78 Å². The zero-order valence-electron chi connectivity index (χ0n) is 16.2. The molecule has 0 radical (unpaired) electrons. The molecule has 6 heteroatoms. The van der Waals surface area contributed by atoms with Crippen molar-refractivity contribution in [3.8, 4) is 11.3 Å². The van der Waals surface area contributed by atoms with E-state index in [2.05, 4.69) is 16.9 Å². The maximum atomic E-state index is 12.7. The first-order valence-corrected chi connectivity index (χ1v) is 9.06. The number of carbonyl (C=O) groups excluding carboxylic acids is 2. The number of esters is 1. The number of benzene rings is 1. The molecule has 28 heavy (non-hydrogen) atoms. The topological polar surface area (TPSA) is 72.7 Å². The van der Waals surface area contributed by atoms with Crippen molar-refractivity contribution < 1.29 is 14.3 Å². The molecule has 0 aliphatic carbocycles. The van der Waals surface area contributed by atoms with Crippen LogP contribution in [0.15, 0.2) is 60.8 Å². The van der Waals surface area contributed by atoms with Crippen LogP contribution in [0, 0.1) is 5.92 Å². The molecule has 0 unspecified atom stereocenters. The van der Waals surface area contributed by atoms with E-state index in [0.717, 1.165) is 5.56 Å². The number of pyridine rings is 1. The summed E-state index contributed by atoms with van der Waals surface area (Å²) in [4.78, 5) is 29.5. The highest BCUT2D eigenvalue weighted by Crippen LogP contribution is 2.30. The van der Waals surface area contributed by atoms with Crippen molar-refractivity contribution in [2.75, 3.05) is 12.4 Å². The number of nitrogens with zero attached hydrogens (tertiary/aromatic N) is 2. The Kier molecular flexibility index (Phi) is 5.59. The SMILES string of the molecule is C=C(CC(C)C)C(=O)Nc1c(-c2ccccc2)nc2c(C(=O)OC)cccn12. The molecule has 2 heterocycles. The lowest BCUT2D eigenvalue weighted by Gasteiger charge is -2.11. The summed E-state index contributed by atoms with van der Waals surface area (Å²) in [7, 11) is 1.32. The summed E-state index contributed by atoms with van der Waals surface area (Å²) in [5, 5.41) is 2.93. The standard InChI is InChI=1S/C22H23N3O3/c1-14(2)13-15(3)21(26)24-20-18(16-9-6-5-7-10-16)23-19-17(22(27)28-4)11-8-12-25(19)20/h5-12,14H,3,13H2,1-2,4H3,(H,24,26). The zero-order valence-corrected chi connectivity index (χ0v) is 16.2. The molecule has 0 aliphatic rings. The van der Waals surface area contributed by atoms with Gasteiger partial charge in [0.25, 0.3) is 5.91 Å². The lowest BCUT2D eigenvalue weighted by Crippen LogP contribution is -2.17. The van der Waals surface area contributed by atoms with Crippen LogP contribution in [-0.2, 0) is 9.53 Å². The number of imidazole rings is 1. The Morgan fingerprint density at radius 1 is 1.18 bits per heavy atom. The summed E-state index contributed by atoms with van der Waals surface area (Å²) in [6.45, 7) is 7.97. The molecule has 1 amide bonds. The van der Waals surface area contributed by atoms with Crippen LogP contribution in [0.25, 0.3) is 16.9 Å². The van der Waals surface area contributed by atoms with E-state index in [1.807, 2.05) is 44.2 Å². The number of aromatic nitrogens is 2. The summed E-state index contributed by atoms with van der Waals surface area (Å²) in [6.07, 6.45) is 2.35. The van der Waals surface area contributed by atoms with Crippen molar-refractivity contribution in [2.45, 2.75) is 20.3 Å². The molecule has 1 N–H and O–H groups in total. The van der Waals surface area contributed by atoms with Gasteiger partial charge < -0.3 is 10.1 Å². The van der Waals surface area contributed by atoms with Crippen molar-refractivity contribution in [3.63, 3.8) is 0 Å². The third-order valence-electron chi connectivity index (χ3n) is 4.31. The van der Waals surface area contributed by atoms with E-state index in [1.165, 1.54) is 7.11 Å². The van der Waals surface area contributed by atoms with E-state index in [1.54, 1.807) is 22.7 Å². The normalized spacial score (nSPS) is 10.9. The maximum Gasteiger partial charge on any atom is 0.341 e. The molecule has 3 aromatic rings. The number of amides is 1. The minimum absolute atomic E-state index is 0.267. The van der Waals surface area contributed by atoms with Crippen molar-refractivity contribution in [1.82, 2.24) is 9.38 Å². The molecule has 0 bridgehead atoms. The van der Waals surface area contributed by atoms with Crippen LogP contribution in [0.5, 0.6) is 0 Å². The fourth-order valence-electron chi connectivity index (χ4n) is 3.04. The van der Waals surface area contributed by atoms with Crippen LogP contribution in [0.4, 0.5) is 5.82 Å². The van der Waals surface area contributed by atoms with Gasteiger partial charge in [-0.1, -0.05) is 50.8 Å². The first-order valence-electron chi connectivity index (χ1n) is 9.06. The fraction of sp³-hybridized carbons (Fsp3) is 0.227.